The van der Waals surface area contributed by atoms with Crippen molar-refractivity contribution in [2.45, 2.75) is 502 Å². The minimum Gasteiger partial charge on any atom is -0.462 e. The zero-order valence-electron chi connectivity index (χ0n) is 70.1. The molecule has 0 rings (SSSR count). The van der Waals surface area contributed by atoms with Gasteiger partial charge >= 0.3 is 39.5 Å². The number of unbranched alkanes of at least 4 members (excludes halogenated alkanes) is 63. The van der Waals surface area contributed by atoms with Crippen LogP contribution in [-0.4, -0.2) is 96.7 Å². The molecule has 5 atom stereocenters. The Labute approximate surface area is 658 Å². The van der Waals surface area contributed by atoms with Crippen LogP contribution in [-0.2, 0) is 65.4 Å². The average Bonchev–Trinajstić information content (AvgIpc) is 0.901. The first-order chi connectivity index (χ1) is 52.2. The van der Waals surface area contributed by atoms with Gasteiger partial charge in [0.2, 0.25) is 0 Å². The Hall–Kier alpha value is -1.94. The second-order valence-electron chi connectivity index (χ2n) is 31.6. The summed E-state index contributed by atoms with van der Waals surface area (Å²) in [5.74, 6) is -2.09. The van der Waals surface area contributed by atoms with E-state index >= 15 is 0 Å². The molecule has 0 aromatic rings. The lowest BCUT2D eigenvalue weighted by atomic mass is 10.0. The van der Waals surface area contributed by atoms with Crippen LogP contribution in [0.15, 0.2) is 0 Å². The van der Waals surface area contributed by atoms with Gasteiger partial charge in [-0.15, -0.1) is 0 Å². The van der Waals surface area contributed by atoms with Gasteiger partial charge in [0.1, 0.15) is 19.3 Å². The number of carbonyl (C=O) groups is 4. The van der Waals surface area contributed by atoms with Gasteiger partial charge in [-0.2, -0.15) is 0 Å². The minimum atomic E-state index is -4.97. The highest BCUT2D eigenvalue weighted by atomic mass is 31.2. The molecule has 0 saturated heterocycles. The number of phosphoric acid groups is 2. The lowest BCUT2D eigenvalue weighted by Crippen LogP contribution is -2.30. The summed E-state index contributed by atoms with van der Waals surface area (Å²) in [6, 6.07) is 0. The van der Waals surface area contributed by atoms with E-state index in [2.05, 4.69) is 27.7 Å². The molecule has 0 fully saturated rings. The molecular formula is C88H172O17P2. The van der Waals surface area contributed by atoms with Crippen molar-refractivity contribution in [2.24, 2.45) is 0 Å². The van der Waals surface area contributed by atoms with Crippen LogP contribution in [0.2, 0.25) is 0 Å². The van der Waals surface area contributed by atoms with Crippen molar-refractivity contribution in [1.29, 1.82) is 0 Å². The van der Waals surface area contributed by atoms with E-state index in [1.807, 2.05) is 0 Å². The topological polar surface area (TPSA) is 237 Å². The predicted molar refractivity (Wildman–Crippen MR) is 442 cm³/mol. The van der Waals surface area contributed by atoms with Gasteiger partial charge in [0.15, 0.2) is 12.2 Å². The van der Waals surface area contributed by atoms with Crippen LogP contribution in [0.25, 0.3) is 0 Å². The second-order valence-corrected chi connectivity index (χ2v) is 34.5. The fourth-order valence-corrected chi connectivity index (χ4v) is 15.5. The molecule has 636 valence electrons. The van der Waals surface area contributed by atoms with Gasteiger partial charge in [-0.25, -0.2) is 9.13 Å². The van der Waals surface area contributed by atoms with Gasteiger partial charge < -0.3 is 33.8 Å². The maximum Gasteiger partial charge on any atom is 0.472 e. The van der Waals surface area contributed by atoms with Gasteiger partial charge in [-0.3, -0.25) is 37.3 Å². The number of rotatable bonds is 89. The van der Waals surface area contributed by atoms with E-state index in [0.29, 0.717) is 25.7 Å². The summed E-state index contributed by atoms with van der Waals surface area (Å²) in [6.45, 7) is 5.07. The van der Waals surface area contributed by atoms with Crippen LogP contribution in [0.4, 0.5) is 0 Å². The first kappa shape index (κ1) is 105. The van der Waals surface area contributed by atoms with Crippen molar-refractivity contribution in [3.63, 3.8) is 0 Å². The Morgan fingerprint density at radius 2 is 0.374 bits per heavy atom. The molecule has 0 saturated carbocycles. The summed E-state index contributed by atoms with van der Waals surface area (Å²) in [7, 11) is -9.93. The van der Waals surface area contributed by atoms with E-state index < -0.39 is 97.5 Å². The average molecular weight is 1560 g/mol. The first-order valence-electron chi connectivity index (χ1n) is 45.8. The number of carbonyl (C=O) groups excluding carboxylic acids is 4. The van der Waals surface area contributed by atoms with Gasteiger partial charge in [-0.05, 0) is 25.7 Å². The van der Waals surface area contributed by atoms with Crippen LogP contribution >= 0.6 is 15.6 Å². The number of hydrogen-bond acceptors (Lipinski definition) is 15. The predicted octanol–water partition coefficient (Wildman–Crippen LogP) is 27.3. The molecule has 0 radical (unpaired) electrons. The summed E-state index contributed by atoms with van der Waals surface area (Å²) in [6.07, 6.45) is 77.7. The Morgan fingerprint density at radius 3 is 0.551 bits per heavy atom. The fraction of sp³-hybridized carbons (Fsp3) is 0.955. The molecule has 19 heteroatoms. The molecule has 2 unspecified atom stereocenters. The smallest absolute Gasteiger partial charge is 0.462 e. The van der Waals surface area contributed by atoms with Crippen LogP contribution in [0, 0.1) is 0 Å². The van der Waals surface area contributed by atoms with Gasteiger partial charge in [-0.1, -0.05) is 432 Å². The van der Waals surface area contributed by atoms with Crippen LogP contribution in [0.1, 0.15) is 484 Å². The number of ether oxygens (including phenoxy) is 4. The molecule has 0 spiro atoms. The molecule has 0 aliphatic heterocycles. The van der Waals surface area contributed by atoms with E-state index in [4.69, 9.17) is 37.0 Å². The molecule has 0 amide bonds. The molecule has 3 N–H and O–H groups in total. The molecule has 0 bridgehead atoms. The van der Waals surface area contributed by atoms with Crippen molar-refractivity contribution < 1.29 is 80.2 Å². The van der Waals surface area contributed by atoms with Crippen LogP contribution in [0.3, 0.4) is 0 Å². The van der Waals surface area contributed by atoms with Crippen LogP contribution in [0.5, 0.6) is 0 Å². The number of hydrogen-bond donors (Lipinski definition) is 3. The molecule has 107 heavy (non-hydrogen) atoms. The van der Waals surface area contributed by atoms with Gasteiger partial charge in [0.05, 0.1) is 26.4 Å². The summed E-state index contributed by atoms with van der Waals surface area (Å²) < 4.78 is 69.0. The third-order valence-electron chi connectivity index (χ3n) is 20.9. The summed E-state index contributed by atoms with van der Waals surface area (Å²) in [4.78, 5) is 73.3. The normalized spacial score (nSPS) is 13.7. The van der Waals surface area contributed by atoms with E-state index in [1.165, 1.54) is 315 Å². The SMILES string of the molecule is CCCCCCCCCCCCCCCCCCCCCCCC(=O)O[C@H](COC(=O)CCCCCCCCCCCCCCCCCCCCC)COP(=O)(O)OC[C@@H](O)COP(=O)(O)OC[C@@H](COC(=O)CCCCCCCCCCCCCC)OC(=O)CCCCCCCCCCCCCCCCC. The van der Waals surface area contributed by atoms with E-state index in [0.717, 1.165) is 89.9 Å². The van der Waals surface area contributed by atoms with Gasteiger partial charge in [0.25, 0.3) is 0 Å². The number of aliphatic hydroxyl groups excluding tert-OH is 1. The lowest BCUT2D eigenvalue weighted by Gasteiger charge is -2.21. The Balaban J connectivity index is 5.24. The Morgan fingerprint density at radius 1 is 0.224 bits per heavy atom. The van der Waals surface area contributed by atoms with Crippen molar-refractivity contribution in [2.75, 3.05) is 39.6 Å². The summed E-state index contributed by atoms with van der Waals surface area (Å²) in [5, 5.41) is 10.7. The standard InChI is InChI=1S/C88H172O17P2/c1-5-9-13-17-21-25-29-33-36-38-40-41-43-45-48-51-55-59-63-67-71-75-88(93)105-84(79-99-86(91)73-69-65-61-57-53-49-47-44-42-39-37-34-30-26-22-18-14-10-6-2)81-103-107(96,97)101-77-82(89)76-100-106(94,95)102-80-83(78-98-85(90)72-68-64-60-56-52-32-28-24-20-16-12-8-4)104-87(92)74-70-66-62-58-54-50-46-35-31-27-23-19-15-11-7-3/h82-84,89H,5-81H2,1-4H3,(H,94,95)(H,96,97)/t82-,83+,84+/m0/s1. The zero-order chi connectivity index (χ0) is 78.1. The van der Waals surface area contributed by atoms with Gasteiger partial charge in [0, 0.05) is 25.7 Å². The molecule has 0 heterocycles. The number of phosphoric ester groups is 2. The lowest BCUT2D eigenvalue weighted by molar-refractivity contribution is -0.161. The quantitative estimate of drug-likeness (QED) is 0.0222. The highest BCUT2D eigenvalue weighted by Gasteiger charge is 2.30. The van der Waals surface area contributed by atoms with E-state index in [-0.39, 0.29) is 25.7 Å². The number of aliphatic hydroxyl groups is 1. The first-order valence-corrected chi connectivity index (χ1v) is 48.8. The molecule has 0 aliphatic carbocycles. The fourth-order valence-electron chi connectivity index (χ4n) is 13.9. The maximum atomic E-state index is 13.2. The zero-order valence-corrected chi connectivity index (χ0v) is 71.9. The summed E-state index contributed by atoms with van der Waals surface area (Å²) >= 11 is 0. The molecule has 0 aliphatic rings. The highest BCUT2D eigenvalue weighted by molar-refractivity contribution is 7.47. The van der Waals surface area contributed by atoms with Crippen molar-refractivity contribution >= 4 is 39.5 Å². The monoisotopic (exact) mass is 1560 g/mol. The van der Waals surface area contributed by atoms with Crippen molar-refractivity contribution in [1.82, 2.24) is 0 Å². The van der Waals surface area contributed by atoms with Crippen LogP contribution < -0.4 is 0 Å². The minimum absolute atomic E-state index is 0.109. The van der Waals surface area contributed by atoms with Crippen molar-refractivity contribution in [3.05, 3.63) is 0 Å². The molecule has 17 nitrogen and oxygen atoms in total. The number of esters is 4. The highest BCUT2D eigenvalue weighted by Crippen LogP contribution is 2.45. The van der Waals surface area contributed by atoms with Crippen molar-refractivity contribution in [3.8, 4) is 0 Å². The van der Waals surface area contributed by atoms with E-state index in [9.17, 15) is 43.2 Å². The van der Waals surface area contributed by atoms with E-state index in [1.54, 1.807) is 0 Å². The third-order valence-corrected chi connectivity index (χ3v) is 22.8. The third kappa shape index (κ3) is 81.9. The Bertz CT molecular complexity index is 2020. The largest absolute Gasteiger partial charge is 0.472 e. The maximum absolute atomic E-state index is 13.2. The summed E-state index contributed by atoms with van der Waals surface area (Å²) in [5.41, 5.74) is 0. The molecular weight excluding hydrogens is 1390 g/mol. The second kappa shape index (κ2) is 82.1. The Kier molecular flexibility index (Phi) is 80.6. The molecule has 0 aromatic carbocycles. The molecule has 0 aromatic heterocycles.